The van der Waals surface area contributed by atoms with Crippen LogP contribution in [0.4, 0.5) is 0 Å². The van der Waals surface area contributed by atoms with Crippen LogP contribution < -0.4 is 0 Å². The van der Waals surface area contributed by atoms with Crippen molar-refractivity contribution in [3.63, 3.8) is 0 Å². The molecular weight excluding hydrogens is 320 g/mol. The lowest BCUT2D eigenvalue weighted by atomic mass is 9.68. The van der Waals surface area contributed by atoms with Crippen molar-refractivity contribution < 1.29 is 9.59 Å². The van der Waals surface area contributed by atoms with Gasteiger partial charge in [0.15, 0.2) is 0 Å². The molecule has 0 aromatic rings. The van der Waals surface area contributed by atoms with Crippen LogP contribution in [0.15, 0.2) is 49.1 Å². The van der Waals surface area contributed by atoms with E-state index in [1.165, 1.54) is 12.0 Å². The fourth-order valence-corrected chi connectivity index (χ4v) is 3.08. The lowest BCUT2D eigenvalue weighted by Gasteiger charge is -2.34. The number of hydrogen-bond acceptors (Lipinski definition) is 2. The van der Waals surface area contributed by atoms with Gasteiger partial charge in [-0.25, -0.2) is 0 Å². The molecule has 0 spiro atoms. The minimum absolute atomic E-state index is 0.105. The summed E-state index contributed by atoms with van der Waals surface area (Å²) in [6, 6.07) is 0. The number of ketones is 2. The van der Waals surface area contributed by atoms with Crippen LogP contribution in [0.3, 0.4) is 0 Å². The summed E-state index contributed by atoms with van der Waals surface area (Å²) in [5.41, 5.74) is 0.758. The monoisotopic (exact) mass is 358 g/mol. The summed E-state index contributed by atoms with van der Waals surface area (Å²) in [5, 5.41) is 0. The fourth-order valence-electron chi connectivity index (χ4n) is 3.08. The molecule has 2 heteroatoms. The highest BCUT2D eigenvalue weighted by molar-refractivity contribution is 5.86. The zero-order chi connectivity index (χ0) is 20.2. The van der Waals surface area contributed by atoms with Gasteiger partial charge in [0.1, 0.15) is 11.6 Å². The van der Waals surface area contributed by atoms with Gasteiger partial charge in [0.05, 0.1) is 0 Å². The van der Waals surface area contributed by atoms with E-state index in [2.05, 4.69) is 25.3 Å². The van der Waals surface area contributed by atoms with E-state index in [-0.39, 0.29) is 16.6 Å². The van der Waals surface area contributed by atoms with E-state index in [0.717, 1.165) is 38.5 Å². The minimum Gasteiger partial charge on any atom is -0.299 e. The second-order valence-corrected chi connectivity index (χ2v) is 7.84. The zero-order valence-corrected chi connectivity index (χ0v) is 17.6. The van der Waals surface area contributed by atoms with Crippen LogP contribution in [0.2, 0.25) is 0 Å². The topological polar surface area (TPSA) is 34.1 Å². The molecule has 0 aromatic heterocycles. The number of carbonyl (C=O) groups excluding carboxylic acids is 2. The SMILES string of the molecule is C=CC(C)(CC=C(C)C)C(C)=O.C=CCC1(CC=CC)CCCCC1=O. The van der Waals surface area contributed by atoms with Gasteiger partial charge in [0.25, 0.3) is 0 Å². The minimum atomic E-state index is -0.378. The first-order valence-electron chi connectivity index (χ1n) is 9.71. The zero-order valence-electron chi connectivity index (χ0n) is 17.6. The van der Waals surface area contributed by atoms with Gasteiger partial charge in [-0.05, 0) is 66.7 Å². The number of carbonyl (C=O) groups is 2. The number of rotatable bonds is 8. The maximum atomic E-state index is 11.9. The largest absolute Gasteiger partial charge is 0.299 e. The highest BCUT2D eigenvalue weighted by Crippen LogP contribution is 2.40. The molecule has 0 aromatic carbocycles. The maximum Gasteiger partial charge on any atom is 0.139 e. The predicted molar refractivity (Wildman–Crippen MR) is 113 cm³/mol. The summed E-state index contributed by atoms with van der Waals surface area (Å²) in [4.78, 5) is 23.1. The lowest BCUT2D eigenvalue weighted by molar-refractivity contribution is -0.131. The van der Waals surface area contributed by atoms with E-state index in [0.29, 0.717) is 5.78 Å². The average Bonchev–Trinajstić information content (AvgIpc) is 2.61. The Morgan fingerprint density at radius 1 is 1.19 bits per heavy atom. The Morgan fingerprint density at radius 3 is 2.27 bits per heavy atom. The molecule has 0 N–H and O–H groups in total. The molecule has 0 aliphatic heterocycles. The third kappa shape index (κ3) is 7.68. The molecule has 0 heterocycles. The summed E-state index contributed by atoms with van der Waals surface area (Å²) in [6.07, 6.45) is 16.4. The van der Waals surface area contributed by atoms with Gasteiger partial charge < -0.3 is 0 Å². The number of Topliss-reactive ketones (excluding diaryl/α,β-unsaturated/α-hetero) is 2. The first kappa shape index (κ1) is 24.3. The molecule has 1 saturated carbocycles. The molecular formula is C24H38O2. The summed E-state index contributed by atoms with van der Waals surface area (Å²) in [7, 11) is 0. The Labute approximate surface area is 161 Å². The fraction of sp³-hybridized carbons (Fsp3) is 0.583. The van der Waals surface area contributed by atoms with Gasteiger partial charge in [-0.15, -0.1) is 13.2 Å². The number of hydrogen-bond donors (Lipinski definition) is 0. The van der Waals surface area contributed by atoms with E-state index in [1.54, 1.807) is 13.0 Å². The summed E-state index contributed by atoms with van der Waals surface area (Å²) in [6.45, 7) is 17.0. The van der Waals surface area contributed by atoms with Crippen molar-refractivity contribution in [2.45, 2.75) is 79.6 Å². The van der Waals surface area contributed by atoms with Gasteiger partial charge in [-0.2, -0.15) is 0 Å². The van der Waals surface area contributed by atoms with Crippen molar-refractivity contribution >= 4 is 11.6 Å². The lowest BCUT2D eigenvalue weighted by Crippen LogP contribution is -2.33. The Kier molecular flexibility index (Phi) is 11.1. The van der Waals surface area contributed by atoms with E-state index >= 15 is 0 Å². The predicted octanol–water partition coefficient (Wildman–Crippen LogP) is 6.78. The quantitative estimate of drug-likeness (QED) is 0.448. The van der Waals surface area contributed by atoms with Crippen molar-refractivity contribution in [3.05, 3.63) is 49.1 Å². The number of allylic oxidation sites excluding steroid dienone is 6. The van der Waals surface area contributed by atoms with Crippen LogP contribution in [-0.2, 0) is 9.59 Å². The van der Waals surface area contributed by atoms with Crippen LogP contribution in [0.25, 0.3) is 0 Å². The Morgan fingerprint density at radius 2 is 1.85 bits per heavy atom. The van der Waals surface area contributed by atoms with E-state index in [9.17, 15) is 9.59 Å². The summed E-state index contributed by atoms with van der Waals surface area (Å²) >= 11 is 0. The molecule has 1 aliphatic rings. The maximum absolute atomic E-state index is 11.9. The van der Waals surface area contributed by atoms with Crippen LogP contribution in [-0.4, -0.2) is 11.6 Å². The van der Waals surface area contributed by atoms with Gasteiger partial charge >= 0.3 is 0 Å². The average molecular weight is 359 g/mol. The van der Waals surface area contributed by atoms with Crippen molar-refractivity contribution in [3.8, 4) is 0 Å². The molecule has 0 bridgehead atoms. The first-order chi connectivity index (χ1) is 12.2. The van der Waals surface area contributed by atoms with Crippen molar-refractivity contribution in [2.24, 2.45) is 10.8 Å². The van der Waals surface area contributed by atoms with Crippen LogP contribution >= 0.6 is 0 Å². The van der Waals surface area contributed by atoms with Crippen LogP contribution in [0.5, 0.6) is 0 Å². The third-order valence-electron chi connectivity index (χ3n) is 5.37. The Hall–Kier alpha value is -1.70. The van der Waals surface area contributed by atoms with Gasteiger partial charge in [-0.3, -0.25) is 9.59 Å². The Bertz CT molecular complexity index is 549. The molecule has 2 nitrogen and oxygen atoms in total. The van der Waals surface area contributed by atoms with Crippen molar-refractivity contribution in [1.29, 1.82) is 0 Å². The molecule has 1 fully saturated rings. The van der Waals surface area contributed by atoms with E-state index in [1.807, 2.05) is 39.8 Å². The molecule has 26 heavy (non-hydrogen) atoms. The van der Waals surface area contributed by atoms with Gasteiger partial charge in [0.2, 0.25) is 0 Å². The standard InChI is InChI=1S/C13H20O.C11H18O/c1-3-5-10-13(9-4-2)11-7-6-8-12(13)14;1-6-11(5,10(4)12)8-7-9(2)3/h3-5H,2,6-11H2,1H3;6-7H,1,8H2,2-5H3. The molecule has 1 aliphatic carbocycles. The molecule has 1 rings (SSSR count). The molecule has 146 valence electrons. The molecule has 0 amide bonds. The van der Waals surface area contributed by atoms with E-state index < -0.39 is 0 Å². The van der Waals surface area contributed by atoms with Crippen LogP contribution in [0, 0.1) is 10.8 Å². The highest BCUT2D eigenvalue weighted by Gasteiger charge is 2.37. The molecule has 0 saturated heterocycles. The summed E-state index contributed by atoms with van der Waals surface area (Å²) < 4.78 is 0. The highest BCUT2D eigenvalue weighted by atomic mass is 16.1. The van der Waals surface area contributed by atoms with E-state index in [4.69, 9.17) is 0 Å². The first-order valence-corrected chi connectivity index (χ1v) is 9.71. The third-order valence-corrected chi connectivity index (χ3v) is 5.37. The van der Waals surface area contributed by atoms with Gasteiger partial charge in [0, 0.05) is 17.3 Å². The van der Waals surface area contributed by atoms with Gasteiger partial charge in [-0.1, -0.05) is 42.4 Å². The molecule has 2 unspecified atom stereocenters. The van der Waals surface area contributed by atoms with Crippen molar-refractivity contribution in [2.75, 3.05) is 0 Å². The normalized spacial score (nSPS) is 22.0. The smallest absolute Gasteiger partial charge is 0.139 e. The van der Waals surface area contributed by atoms with Crippen molar-refractivity contribution in [1.82, 2.24) is 0 Å². The Balaban J connectivity index is 0.000000488. The molecule has 2 atom stereocenters. The second-order valence-electron chi connectivity index (χ2n) is 7.84. The molecule has 0 radical (unpaired) electrons. The van der Waals surface area contributed by atoms with Crippen LogP contribution in [0.1, 0.15) is 79.6 Å². The second kappa shape index (κ2) is 11.8. The summed E-state index contributed by atoms with van der Waals surface area (Å²) in [5.74, 6) is 0.622.